The molecule has 2 fully saturated rings. The Labute approximate surface area is 176 Å². The number of amides is 1. The summed E-state index contributed by atoms with van der Waals surface area (Å²) in [6.07, 6.45) is 5.65. The van der Waals surface area contributed by atoms with Crippen LogP contribution in [0.5, 0.6) is 0 Å². The number of pyridine rings is 1. The molecule has 0 spiro atoms. The van der Waals surface area contributed by atoms with Gasteiger partial charge >= 0.3 is 6.09 Å². The van der Waals surface area contributed by atoms with Gasteiger partial charge < -0.3 is 9.64 Å². The van der Waals surface area contributed by atoms with Crippen molar-refractivity contribution in [1.82, 2.24) is 24.9 Å². The molecule has 0 unspecified atom stereocenters. The molecule has 2 aromatic heterocycles. The number of piperidine rings is 1. The summed E-state index contributed by atoms with van der Waals surface area (Å²) in [6, 6.07) is 10.5. The van der Waals surface area contributed by atoms with Crippen molar-refractivity contribution in [3.63, 3.8) is 0 Å². The van der Waals surface area contributed by atoms with Crippen molar-refractivity contribution in [2.24, 2.45) is 5.41 Å². The maximum atomic E-state index is 12.3. The Hall–Kier alpha value is -2.96. The third-order valence-corrected chi connectivity index (χ3v) is 6.51. The van der Waals surface area contributed by atoms with E-state index >= 15 is 0 Å². The first-order chi connectivity index (χ1) is 14.5. The summed E-state index contributed by atoms with van der Waals surface area (Å²) in [5.74, 6) is 0. The number of hydrogen-bond donors (Lipinski definition) is 0. The van der Waals surface area contributed by atoms with Crippen molar-refractivity contribution in [2.45, 2.75) is 45.6 Å². The number of carbonyl (C=O) groups excluding carboxylic acids is 1. The topological polar surface area (TPSA) is 73.1 Å². The maximum Gasteiger partial charge on any atom is 0.409 e. The van der Waals surface area contributed by atoms with Gasteiger partial charge in [0.25, 0.3) is 0 Å². The van der Waals surface area contributed by atoms with E-state index in [0.717, 1.165) is 53.5 Å². The number of aromatic nitrogens is 4. The summed E-state index contributed by atoms with van der Waals surface area (Å²) in [5.41, 5.74) is 5.35. The van der Waals surface area contributed by atoms with Crippen molar-refractivity contribution in [1.29, 1.82) is 0 Å². The van der Waals surface area contributed by atoms with Crippen LogP contribution in [0.1, 0.15) is 44.3 Å². The van der Waals surface area contributed by atoms with Gasteiger partial charge in [0.1, 0.15) is 5.52 Å². The molecule has 7 nitrogen and oxygen atoms in total. The van der Waals surface area contributed by atoms with E-state index in [2.05, 4.69) is 46.5 Å². The summed E-state index contributed by atoms with van der Waals surface area (Å²) in [4.78, 5) is 18.5. The number of benzene rings is 1. The van der Waals surface area contributed by atoms with Crippen LogP contribution in [0.15, 0.2) is 36.5 Å². The minimum atomic E-state index is -0.179. The second kappa shape index (κ2) is 7.38. The van der Waals surface area contributed by atoms with Crippen molar-refractivity contribution >= 4 is 17.1 Å². The Morgan fingerprint density at radius 3 is 2.77 bits per heavy atom. The quantitative estimate of drug-likeness (QED) is 0.644. The number of likely N-dealkylation sites (tertiary alicyclic amines) is 1. The Morgan fingerprint density at radius 1 is 1.23 bits per heavy atom. The molecule has 7 heteroatoms. The van der Waals surface area contributed by atoms with Crippen LogP contribution in [0.3, 0.4) is 0 Å². The predicted octanol–water partition coefficient (Wildman–Crippen LogP) is 4.38. The van der Waals surface area contributed by atoms with Crippen molar-refractivity contribution in [2.75, 3.05) is 19.7 Å². The third-order valence-electron chi connectivity index (χ3n) is 6.51. The molecular formula is C23H27N5O2. The molecule has 1 aromatic carbocycles. The first-order valence-corrected chi connectivity index (χ1v) is 10.7. The molecule has 1 aliphatic heterocycles. The Balaban J connectivity index is 1.27. The van der Waals surface area contributed by atoms with Gasteiger partial charge in [-0.05, 0) is 56.4 Å². The molecule has 3 heterocycles. The smallest absolute Gasteiger partial charge is 0.409 e. The van der Waals surface area contributed by atoms with Gasteiger partial charge in [0.05, 0.1) is 18.2 Å². The van der Waals surface area contributed by atoms with Gasteiger partial charge in [-0.25, -0.2) is 9.48 Å². The van der Waals surface area contributed by atoms with Crippen LogP contribution in [-0.4, -0.2) is 50.7 Å². The molecule has 30 heavy (non-hydrogen) atoms. The lowest BCUT2D eigenvalue weighted by Crippen LogP contribution is -2.40. The van der Waals surface area contributed by atoms with Crippen molar-refractivity contribution in [3.8, 4) is 11.1 Å². The van der Waals surface area contributed by atoms with E-state index in [9.17, 15) is 4.79 Å². The van der Waals surface area contributed by atoms with E-state index in [0.29, 0.717) is 19.7 Å². The second-order valence-electron chi connectivity index (χ2n) is 8.96. The largest absolute Gasteiger partial charge is 0.449 e. The maximum absolute atomic E-state index is 12.3. The molecule has 1 saturated carbocycles. The zero-order chi connectivity index (χ0) is 20.7. The fraction of sp³-hybridized carbons (Fsp3) is 0.478. The molecule has 2 aliphatic rings. The van der Waals surface area contributed by atoms with Gasteiger partial charge in [-0.3, -0.25) is 4.98 Å². The summed E-state index contributed by atoms with van der Waals surface area (Å²) in [7, 11) is 0. The normalized spacial score (nSPS) is 18.5. The molecule has 156 valence electrons. The van der Waals surface area contributed by atoms with E-state index in [4.69, 9.17) is 4.74 Å². The van der Waals surface area contributed by atoms with E-state index < -0.39 is 0 Å². The average molecular weight is 406 g/mol. The minimum Gasteiger partial charge on any atom is -0.449 e. The number of carbonyl (C=O) groups is 1. The molecule has 0 radical (unpaired) electrons. The lowest BCUT2D eigenvalue weighted by atomic mass is 10.0. The third kappa shape index (κ3) is 3.64. The first kappa shape index (κ1) is 19.0. The lowest BCUT2D eigenvalue weighted by Gasteiger charge is -2.31. The highest BCUT2D eigenvalue weighted by atomic mass is 16.6. The Bertz CT molecular complexity index is 1080. The van der Waals surface area contributed by atoms with E-state index in [1.807, 2.05) is 28.8 Å². The Morgan fingerprint density at radius 2 is 2.03 bits per heavy atom. The van der Waals surface area contributed by atoms with Crippen LogP contribution in [0.2, 0.25) is 0 Å². The molecular weight excluding hydrogens is 378 g/mol. The summed E-state index contributed by atoms with van der Waals surface area (Å²) in [6.45, 7) is 6.10. The fourth-order valence-corrected chi connectivity index (χ4v) is 4.15. The van der Waals surface area contributed by atoms with Gasteiger partial charge in [-0.1, -0.05) is 24.3 Å². The van der Waals surface area contributed by atoms with Crippen LogP contribution in [0.4, 0.5) is 4.79 Å². The summed E-state index contributed by atoms with van der Waals surface area (Å²) in [5, 5.41) is 8.85. The summed E-state index contributed by atoms with van der Waals surface area (Å²) < 4.78 is 7.53. The minimum absolute atomic E-state index is 0.179. The zero-order valence-electron chi connectivity index (χ0n) is 17.5. The van der Waals surface area contributed by atoms with Crippen LogP contribution in [0.25, 0.3) is 22.2 Å². The number of ether oxygens (including phenoxy) is 1. The standard InChI is InChI=1S/C23H27N5O2/c1-16-19(4-3-11-24-16)17-5-6-21-20(14-17)25-26-28(21)18-7-12-27(13-8-18)22(29)30-15-23(2)9-10-23/h3-6,11,14,18H,7-10,12-13,15H2,1-2H3. The van der Waals surface area contributed by atoms with Gasteiger partial charge in [-0.15, -0.1) is 5.10 Å². The molecule has 0 bridgehead atoms. The summed E-state index contributed by atoms with van der Waals surface area (Å²) >= 11 is 0. The lowest BCUT2D eigenvalue weighted by molar-refractivity contribution is 0.0737. The predicted molar refractivity (Wildman–Crippen MR) is 114 cm³/mol. The molecule has 3 aromatic rings. The van der Waals surface area contributed by atoms with E-state index in [-0.39, 0.29) is 17.6 Å². The van der Waals surface area contributed by atoms with E-state index in [1.54, 1.807) is 0 Å². The van der Waals surface area contributed by atoms with Gasteiger partial charge in [0, 0.05) is 36.0 Å². The van der Waals surface area contributed by atoms with Gasteiger partial charge in [-0.2, -0.15) is 0 Å². The molecule has 5 rings (SSSR count). The van der Waals surface area contributed by atoms with Gasteiger partial charge in [0.2, 0.25) is 0 Å². The Kier molecular flexibility index (Phi) is 4.68. The monoisotopic (exact) mass is 405 g/mol. The molecule has 1 saturated heterocycles. The fourth-order valence-electron chi connectivity index (χ4n) is 4.15. The number of aryl methyl sites for hydroxylation is 1. The number of hydrogen-bond acceptors (Lipinski definition) is 5. The van der Waals surface area contributed by atoms with Crippen molar-refractivity contribution in [3.05, 3.63) is 42.2 Å². The molecule has 1 amide bonds. The first-order valence-electron chi connectivity index (χ1n) is 10.7. The van der Waals surface area contributed by atoms with Crippen LogP contribution in [-0.2, 0) is 4.74 Å². The highest BCUT2D eigenvalue weighted by Gasteiger charge is 2.39. The molecule has 0 N–H and O–H groups in total. The SMILES string of the molecule is Cc1ncccc1-c1ccc2c(c1)nnn2C1CCN(C(=O)OCC2(C)CC2)CC1. The average Bonchev–Trinajstić information content (AvgIpc) is 3.36. The van der Waals surface area contributed by atoms with Crippen LogP contribution >= 0.6 is 0 Å². The number of fused-ring (bicyclic) bond motifs is 1. The second-order valence-corrected chi connectivity index (χ2v) is 8.96. The van der Waals surface area contributed by atoms with Gasteiger partial charge in [0.15, 0.2) is 0 Å². The zero-order valence-corrected chi connectivity index (χ0v) is 17.5. The highest BCUT2D eigenvalue weighted by molar-refractivity contribution is 5.82. The van der Waals surface area contributed by atoms with Crippen LogP contribution < -0.4 is 0 Å². The molecule has 1 aliphatic carbocycles. The van der Waals surface area contributed by atoms with Crippen molar-refractivity contribution < 1.29 is 9.53 Å². The van der Waals surface area contributed by atoms with Crippen LogP contribution in [0, 0.1) is 12.3 Å². The highest BCUT2D eigenvalue weighted by Crippen LogP contribution is 2.45. The number of rotatable bonds is 4. The molecule has 0 atom stereocenters. The van der Waals surface area contributed by atoms with E-state index in [1.165, 1.54) is 0 Å². The number of nitrogens with zero attached hydrogens (tertiary/aromatic N) is 5.